The summed E-state index contributed by atoms with van der Waals surface area (Å²) in [7, 11) is 0. The molecule has 0 saturated heterocycles. The Hall–Kier alpha value is -2.51. The number of carbonyl (C=O) groups excluding carboxylic acids is 3. The first-order valence-corrected chi connectivity index (χ1v) is 11.4. The van der Waals surface area contributed by atoms with Gasteiger partial charge in [-0.3, -0.25) is 9.59 Å². The minimum Gasteiger partial charge on any atom is -0.480 e. The van der Waals surface area contributed by atoms with Crippen LogP contribution in [0.25, 0.3) is 0 Å². The molecule has 0 fully saturated rings. The Labute approximate surface area is 188 Å². The summed E-state index contributed by atoms with van der Waals surface area (Å²) in [5, 5.41) is 12.3. The Balaban J connectivity index is 1.88. The van der Waals surface area contributed by atoms with Crippen molar-refractivity contribution in [1.82, 2.24) is 5.32 Å². The number of nitrogens with one attached hydrogen (secondary N) is 1. The van der Waals surface area contributed by atoms with Crippen LogP contribution in [0, 0.1) is 6.92 Å². The quantitative estimate of drug-likeness (QED) is 0.500. The number of carboxylic acid groups (broad SMARTS) is 1. The van der Waals surface area contributed by atoms with E-state index in [1.165, 1.54) is 32.1 Å². The van der Waals surface area contributed by atoms with Crippen LogP contribution in [0.1, 0.15) is 35.0 Å². The van der Waals surface area contributed by atoms with Crippen molar-refractivity contribution in [2.45, 2.75) is 38.2 Å². The number of thioether (sulfide) groups is 2. The van der Waals surface area contributed by atoms with E-state index in [0.29, 0.717) is 16.6 Å². The zero-order valence-electron chi connectivity index (χ0n) is 16.7. The lowest BCUT2D eigenvalue weighted by molar-refractivity contribution is -0.141. The van der Waals surface area contributed by atoms with Crippen molar-refractivity contribution in [3.63, 3.8) is 0 Å². The second-order valence-electron chi connectivity index (χ2n) is 6.52. The van der Waals surface area contributed by atoms with E-state index in [2.05, 4.69) is 14.2 Å². The zero-order valence-corrected chi connectivity index (χ0v) is 19.1. The highest BCUT2D eigenvalue weighted by Gasteiger charge is 2.35. The van der Waals surface area contributed by atoms with Gasteiger partial charge in [0.2, 0.25) is 11.0 Å². The number of carbonyl (C=O) groups is 4. The molecule has 0 aliphatic rings. The second-order valence-corrected chi connectivity index (χ2v) is 10.0. The van der Waals surface area contributed by atoms with Crippen LogP contribution in [0.3, 0.4) is 0 Å². The first-order valence-electron chi connectivity index (χ1n) is 8.69. The first kappa shape index (κ1) is 24.8. The highest BCUT2D eigenvalue weighted by Crippen LogP contribution is 2.30. The van der Waals surface area contributed by atoms with Crippen LogP contribution < -0.4 is 11.1 Å². The molecule has 1 atom stereocenters. The Morgan fingerprint density at radius 1 is 1.29 bits per heavy atom. The average Bonchev–Trinajstić information content (AvgIpc) is 3.32. The summed E-state index contributed by atoms with van der Waals surface area (Å²) in [5.41, 5.74) is 0. The zero-order chi connectivity index (χ0) is 23.2. The monoisotopic (exact) mass is 489 g/mol. The van der Waals surface area contributed by atoms with E-state index in [1.54, 1.807) is 17.5 Å². The number of thiophene rings is 1. The van der Waals surface area contributed by atoms with Crippen LogP contribution in [-0.2, 0) is 20.9 Å². The molecule has 0 spiro atoms. The fourth-order valence-corrected chi connectivity index (χ4v) is 4.33. The molecule has 2 N–H and O–H groups in total. The summed E-state index contributed by atoms with van der Waals surface area (Å²) >= 11 is 2.55. The molecule has 0 aromatic carbocycles. The number of hydrogen-bond donors (Lipinski definition) is 2. The lowest BCUT2D eigenvalue weighted by Gasteiger charge is -2.24. The van der Waals surface area contributed by atoms with Crippen LogP contribution in [0.15, 0.2) is 31.1 Å². The van der Waals surface area contributed by atoms with E-state index >= 15 is 0 Å². The van der Waals surface area contributed by atoms with Gasteiger partial charge in [-0.25, -0.2) is 14.4 Å². The van der Waals surface area contributed by atoms with Crippen LogP contribution in [0.4, 0.5) is 4.79 Å². The summed E-state index contributed by atoms with van der Waals surface area (Å²) < 4.78 is 13.0. The molecule has 0 aliphatic carbocycles. The Kier molecular flexibility index (Phi) is 8.53. The van der Waals surface area contributed by atoms with Gasteiger partial charge in [0.15, 0.2) is 18.1 Å². The van der Waals surface area contributed by atoms with Gasteiger partial charge in [-0.1, -0.05) is 17.8 Å². The maximum absolute atomic E-state index is 12.6. The lowest BCUT2D eigenvalue weighted by Crippen LogP contribution is -2.49. The van der Waals surface area contributed by atoms with Gasteiger partial charge in [-0.2, -0.15) is 0 Å². The van der Waals surface area contributed by atoms with Gasteiger partial charge in [0.05, 0.1) is 9.62 Å². The van der Waals surface area contributed by atoms with Gasteiger partial charge in [0.1, 0.15) is 6.04 Å². The third-order valence-corrected chi connectivity index (χ3v) is 6.70. The number of rotatable bonds is 9. The number of hydrogen-bond acceptors (Lipinski definition) is 11. The largest absolute Gasteiger partial charge is 0.519 e. The molecule has 0 saturated carbocycles. The predicted molar refractivity (Wildman–Crippen MR) is 115 cm³/mol. The minimum atomic E-state index is -1.39. The Morgan fingerprint density at radius 3 is 2.55 bits per heavy atom. The van der Waals surface area contributed by atoms with Gasteiger partial charge in [0, 0.05) is 5.75 Å². The third kappa shape index (κ3) is 7.29. The molecule has 0 bridgehead atoms. The summed E-state index contributed by atoms with van der Waals surface area (Å²) in [6, 6.07) is 1.95. The van der Waals surface area contributed by atoms with Crippen LogP contribution >= 0.6 is 34.9 Å². The molecule has 2 aromatic heterocycles. The third-order valence-electron chi connectivity index (χ3n) is 3.75. The maximum atomic E-state index is 12.6. The Bertz CT molecular complexity index is 1010. The molecule has 31 heavy (non-hydrogen) atoms. The summed E-state index contributed by atoms with van der Waals surface area (Å²) in [5.74, 6) is -3.06. The van der Waals surface area contributed by atoms with E-state index in [-0.39, 0.29) is 29.0 Å². The van der Waals surface area contributed by atoms with E-state index in [9.17, 15) is 29.1 Å². The molecule has 13 heteroatoms. The molecule has 10 nitrogen and oxygen atoms in total. The van der Waals surface area contributed by atoms with E-state index in [4.69, 9.17) is 4.74 Å². The van der Waals surface area contributed by atoms with Crippen molar-refractivity contribution in [2.24, 2.45) is 0 Å². The average molecular weight is 490 g/mol. The van der Waals surface area contributed by atoms with Gasteiger partial charge in [-0.15, -0.1) is 11.3 Å². The van der Waals surface area contributed by atoms with Crippen molar-refractivity contribution >= 4 is 57.2 Å². The number of amides is 1. The van der Waals surface area contributed by atoms with Crippen molar-refractivity contribution in [3.05, 3.63) is 44.5 Å². The van der Waals surface area contributed by atoms with Crippen molar-refractivity contribution in [1.29, 1.82) is 0 Å². The fourth-order valence-electron chi connectivity index (χ4n) is 2.05. The molecule has 168 valence electrons. The molecule has 1 amide bonds. The molecule has 0 aliphatic heterocycles. The van der Waals surface area contributed by atoms with Crippen molar-refractivity contribution in [3.8, 4) is 0 Å². The van der Waals surface area contributed by atoms with Gasteiger partial charge in [-0.05, 0) is 44.0 Å². The molecular formula is C18H19NO9S3. The smallest absolute Gasteiger partial charge is 0.480 e. The van der Waals surface area contributed by atoms with Crippen LogP contribution in [0.2, 0.25) is 0 Å². The summed E-state index contributed by atoms with van der Waals surface area (Å²) in [6.45, 7) is 4.10. The van der Waals surface area contributed by atoms with Gasteiger partial charge in [0.25, 0.3) is 0 Å². The van der Waals surface area contributed by atoms with Crippen molar-refractivity contribution < 1.29 is 37.9 Å². The van der Waals surface area contributed by atoms with Crippen LogP contribution in [0.5, 0.6) is 0 Å². The van der Waals surface area contributed by atoms with Crippen LogP contribution in [-0.4, -0.2) is 43.9 Å². The SMILES string of the molecule is Cc1oc(=O)oc1COC(=O)SC[C@H](NC(=O)C(C)(C)SC(=O)c1cccs1)C(=O)O. The van der Waals surface area contributed by atoms with Crippen molar-refractivity contribution in [2.75, 3.05) is 5.75 Å². The standard InChI is InChI=1S/C18H19NO9S3/c1-9-11(28-16(24)27-9)7-26-17(25)30-8-10(13(20)21)19-15(23)18(2,3)31-14(22)12-5-4-6-29-12/h4-6,10H,7-8H2,1-3H3,(H,19,23)(H,20,21)/t10-/m0/s1. The maximum Gasteiger partial charge on any atom is 0.519 e. The van der Waals surface area contributed by atoms with E-state index in [1.807, 2.05) is 0 Å². The number of carboxylic acids is 1. The molecule has 2 rings (SSSR count). The molecule has 2 heterocycles. The lowest BCUT2D eigenvalue weighted by atomic mass is 10.2. The highest BCUT2D eigenvalue weighted by atomic mass is 32.2. The molecule has 2 aromatic rings. The molecular weight excluding hydrogens is 470 g/mol. The van der Waals surface area contributed by atoms with E-state index in [0.717, 1.165) is 11.8 Å². The fraction of sp³-hybridized carbons (Fsp3) is 0.389. The highest BCUT2D eigenvalue weighted by molar-refractivity contribution is 8.16. The minimum absolute atomic E-state index is 0.0382. The number of ether oxygens (including phenoxy) is 1. The summed E-state index contributed by atoms with van der Waals surface area (Å²) in [6.07, 6.45) is 0. The normalized spacial score (nSPS) is 12.2. The number of aliphatic carboxylic acids is 1. The van der Waals surface area contributed by atoms with E-state index < -0.39 is 33.8 Å². The van der Waals surface area contributed by atoms with Gasteiger partial charge >= 0.3 is 17.1 Å². The van der Waals surface area contributed by atoms with Gasteiger partial charge < -0.3 is 24.0 Å². The first-order chi connectivity index (χ1) is 14.5. The topological polar surface area (TPSA) is 153 Å². The summed E-state index contributed by atoms with van der Waals surface area (Å²) in [4.78, 5) is 59.6. The predicted octanol–water partition coefficient (Wildman–Crippen LogP) is 2.89. The molecule has 0 unspecified atom stereocenters. The Morgan fingerprint density at radius 2 is 2.00 bits per heavy atom. The molecule has 0 radical (unpaired) electrons. The number of aryl methyl sites for hydroxylation is 1. The second kappa shape index (κ2) is 10.7.